The molecule has 0 atom stereocenters. The van der Waals surface area contributed by atoms with Crippen LogP contribution >= 0.6 is 0 Å². The Morgan fingerprint density at radius 1 is 1.48 bits per heavy atom. The van der Waals surface area contributed by atoms with Gasteiger partial charge >= 0.3 is 5.97 Å². The van der Waals surface area contributed by atoms with E-state index in [1.54, 1.807) is 6.08 Å². The van der Waals surface area contributed by atoms with Crippen LogP contribution in [0.25, 0.3) is 0 Å². The van der Waals surface area contributed by atoms with Crippen LogP contribution in [-0.4, -0.2) is 50.2 Å². The molecule has 0 bridgehead atoms. The number of aromatic nitrogens is 1. The first-order chi connectivity index (χ1) is 10.9. The van der Waals surface area contributed by atoms with Crippen LogP contribution in [0.2, 0.25) is 0 Å². The summed E-state index contributed by atoms with van der Waals surface area (Å²) in [5.41, 5.74) is 0.132. The van der Waals surface area contributed by atoms with Gasteiger partial charge in [0.15, 0.2) is 5.88 Å². The summed E-state index contributed by atoms with van der Waals surface area (Å²) < 4.78 is 30.3. The van der Waals surface area contributed by atoms with Crippen molar-refractivity contribution in [3.05, 3.63) is 30.5 Å². The van der Waals surface area contributed by atoms with Crippen LogP contribution in [0, 0.1) is 0 Å². The number of rotatable bonds is 9. The number of aliphatic carboxylic acids is 1. The fraction of sp³-hybridized carbons (Fsp3) is 0.357. The maximum atomic E-state index is 12.3. The molecule has 1 aromatic heterocycles. The molecular formula is C14H19N3O5S. The standard InChI is InChI=1S/C14H19N3O5S/c1-3-4-5-8-15-11-23(20,21)17(10-14(18)19)12-6-7-13(22-2)16-9-12/h4-9H,3,10-11H2,1-2H3,(H,18,19)/b5-4-,15-8-. The second kappa shape index (κ2) is 8.89. The Balaban J connectivity index is 3.01. The lowest BCUT2D eigenvalue weighted by molar-refractivity contribution is -0.135. The van der Waals surface area contributed by atoms with E-state index in [9.17, 15) is 13.2 Å². The fourth-order valence-electron chi connectivity index (χ4n) is 1.58. The van der Waals surface area contributed by atoms with Crippen molar-refractivity contribution >= 4 is 27.9 Å². The average molecular weight is 341 g/mol. The van der Waals surface area contributed by atoms with E-state index >= 15 is 0 Å². The van der Waals surface area contributed by atoms with Gasteiger partial charge in [-0.1, -0.05) is 13.0 Å². The molecule has 8 nitrogen and oxygen atoms in total. The molecule has 0 fully saturated rings. The molecule has 0 unspecified atom stereocenters. The molecule has 1 aromatic rings. The molecule has 0 amide bonds. The first kappa shape index (κ1) is 18.6. The van der Waals surface area contributed by atoms with Crippen molar-refractivity contribution in [2.24, 2.45) is 4.99 Å². The summed E-state index contributed by atoms with van der Waals surface area (Å²) in [7, 11) is -2.51. The van der Waals surface area contributed by atoms with Gasteiger partial charge in [0.05, 0.1) is 19.0 Å². The number of aliphatic imine (C=N–C) groups is 1. The summed E-state index contributed by atoms with van der Waals surface area (Å²) in [6, 6.07) is 2.87. The molecule has 23 heavy (non-hydrogen) atoms. The first-order valence-corrected chi connectivity index (χ1v) is 8.38. The lowest BCUT2D eigenvalue weighted by Gasteiger charge is -2.21. The van der Waals surface area contributed by atoms with Crippen molar-refractivity contribution < 1.29 is 23.1 Å². The summed E-state index contributed by atoms with van der Waals surface area (Å²) in [5, 5.41) is 8.95. The maximum absolute atomic E-state index is 12.3. The van der Waals surface area contributed by atoms with Gasteiger partial charge in [0.25, 0.3) is 10.0 Å². The number of ether oxygens (including phenoxy) is 1. The zero-order valence-electron chi connectivity index (χ0n) is 12.9. The third-order valence-electron chi connectivity index (χ3n) is 2.63. The number of sulfonamides is 1. The Bertz CT molecular complexity index is 668. The van der Waals surface area contributed by atoms with Gasteiger partial charge in [0.1, 0.15) is 6.54 Å². The van der Waals surface area contributed by atoms with Gasteiger partial charge < -0.3 is 9.84 Å². The molecule has 0 aliphatic rings. The lowest BCUT2D eigenvalue weighted by Crippen LogP contribution is -2.37. The Kier molecular flexibility index (Phi) is 7.20. The van der Waals surface area contributed by atoms with Gasteiger partial charge in [-0.25, -0.2) is 13.4 Å². The summed E-state index contributed by atoms with van der Waals surface area (Å²) in [6.45, 7) is 1.23. The molecule has 1 heterocycles. The van der Waals surface area contributed by atoms with Crippen molar-refractivity contribution in [1.29, 1.82) is 0 Å². The van der Waals surface area contributed by atoms with Crippen LogP contribution < -0.4 is 9.04 Å². The highest BCUT2D eigenvalue weighted by Gasteiger charge is 2.24. The Hall–Kier alpha value is -2.42. The smallest absolute Gasteiger partial charge is 0.324 e. The predicted octanol–water partition coefficient (Wildman–Crippen LogP) is 1.31. The highest BCUT2D eigenvalue weighted by molar-refractivity contribution is 7.92. The van der Waals surface area contributed by atoms with Crippen LogP contribution in [0.5, 0.6) is 5.88 Å². The number of methoxy groups -OCH3 is 1. The third-order valence-corrected chi connectivity index (χ3v) is 4.12. The van der Waals surface area contributed by atoms with Crippen molar-refractivity contribution in [1.82, 2.24) is 4.98 Å². The van der Waals surface area contributed by atoms with Crippen LogP contribution in [0.1, 0.15) is 13.3 Å². The van der Waals surface area contributed by atoms with Crippen LogP contribution in [-0.2, 0) is 14.8 Å². The first-order valence-electron chi connectivity index (χ1n) is 6.78. The fourth-order valence-corrected chi connectivity index (χ4v) is 2.73. The lowest BCUT2D eigenvalue weighted by atomic mass is 10.4. The average Bonchev–Trinajstić information content (AvgIpc) is 2.52. The number of pyridine rings is 1. The normalized spacial score (nSPS) is 11.9. The molecule has 0 saturated heterocycles. The van der Waals surface area contributed by atoms with E-state index < -0.39 is 28.4 Å². The van der Waals surface area contributed by atoms with Crippen molar-refractivity contribution in [3.63, 3.8) is 0 Å². The summed E-state index contributed by atoms with van der Waals surface area (Å²) >= 11 is 0. The van der Waals surface area contributed by atoms with Crippen LogP contribution in [0.3, 0.4) is 0 Å². The van der Waals surface area contributed by atoms with E-state index in [0.29, 0.717) is 5.88 Å². The molecule has 0 aliphatic heterocycles. The Morgan fingerprint density at radius 2 is 2.22 bits per heavy atom. The summed E-state index contributed by atoms with van der Waals surface area (Å²) in [5.74, 6) is -1.54. The summed E-state index contributed by atoms with van der Waals surface area (Å²) in [6.07, 6.45) is 6.86. The van der Waals surface area contributed by atoms with E-state index in [2.05, 4.69) is 9.98 Å². The predicted molar refractivity (Wildman–Crippen MR) is 87.5 cm³/mol. The molecule has 0 radical (unpaired) electrons. The minimum Gasteiger partial charge on any atom is -0.481 e. The number of allylic oxidation sites excluding steroid dienone is 2. The zero-order chi connectivity index (χ0) is 17.3. The number of nitrogens with zero attached hydrogens (tertiary/aromatic N) is 3. The van der Waals surface area contributed by atoms with Gasteiger partial charge in [-0.15, -0.1) is 0 Å². The molecule has 0 aliphatic carbocycles. The number of carbonyl (C=O) groups is 1. The Morgan fingerprint density at radius 3 is 2.74 bits per heavy atom. The number of carboxylic acids is 1. The van der Waals surface area contributed by atoms with Gasteiger partial charge in [0, 0.05) is 12.3 Å². The molecule has 9 heteroatoms. The Labute approximate surface area is 135 Å². The summed E-state index contributed by atoms with van der Waals surface area (Å²) in [4.78, 5) is 18.6. The minimum absolute atomic E-state index is 0.132. The van der Waals surface area contributed by atoms with E-state index in [0.717, 1.165) is 10.7 Å². The second-order valence-corrected chi connectivity index (χ2v) is 6.23. The monoisotopic (exact) mass is 341 g/mol. The second-order valence-electron chi connectivity index (χ2n) is 4.37. The highest BCUT2D eigenvalue weighted by atomic mass is 32.2. The quantitative estimate of drug-likeness (QED) is 0.678. The number of carboxylic acid groups (broad SMARTS) is 1. The topological polar surface area (TPSA) is 109 Å². The maximum Gasteiger partial charge on any atom is 0.324 e. The molecular weight excluding hydrogens is 322 g/mol. The molecule has 126 valence electrons. The van der Waals surface area contributed by atoms with Crippen molar-refractivity contribution in [2.45, 2.75) is 13.3 Å². The van der Waals surface area contributed by atoms with E-state index in [1.165, 1.54) is 31.7 Å². The number of hydrogen-bond donors (Lipinski definition) is 1. The van der Waals surface area contributed by atoms with E-state index in [4.69, 9.17) is 9.84 Å². The van der Waals surface area contributed by atoms with Crippen LogP contribution in [0.15, 0.2) is 35.5 Å². The highest BCUT2D eigenvalue weighted by Crippen LogP contribution is 2.19. The van der Waals surface area contributed by atoms with Gasteiger partial charge in [-0.3, -0.25) is 14.1 Å². The molecule has 1 rings (SSSR count). The van der Waals surface area contributed by atoms with Gasteiger partial charge in [-0.05, 0) is 18.6 Å². The number of anilines is 1. The van der Waals surface area contributed by atoms with E-state index in [-0.39, 0.29) is 5.69 Å². The SMILES string of the molecule is CC/C=C\C=N/CS(=O)(=O)N(CC(=O)O)c1ccc(OC)nc1. The zero-order valence-corrected chi connectivity index (χ0v) is 13.7. The van der Waals surface area contributed by atoms with Crippen molar-refractivity contribution in [3.8, 4) is 5.88 Å². The third kappa shape index (κ3) is 6.07. The molecule has 0 saturated carbocycles. The van der Waals surface area contributed by atoms with Gasteiger partial charge in [0.2, 0.25) is 5.88 Å². The molecule has 0 spiro atoms. The molecule has 1 N–H and O–H groups in total. The van der Waals surface area contributed by atoms with Gasteiger partial charge in [-0.2, -0.15) is 0 Å². The van der Waals surface area contributed by atoms with Crippen LogP contribution in [0.4, 0.5) is 5.69 Å². The number of hydrogen-bond acceptors (Lipinski definition) is 6. The van der Waals surface area contributed by atoms with Crippen molar-refractivity contribution in [2.75, 3.05) is 23.8 Å². The van der Waals surface area contributed by atoms with E-state index in [1.807, 2.05) is 13.0 Å². The molecule has 0 aromatic carbocycles. The minimum atomic E-state index is -3.94. The largest absolute Gasteiger partial charge is 0.481 e.